The van der Waals surface area contributed by atoms with Crippen molar-refractivity contribution in [3.63, 3.8) is 0 Å². The standard InChI is InChI=1S/C17H25BrN2O3/c1-13(23-16-6-4-3-5-15(16)18)17(22)20-9-7-14(8-10-20)19(2)11-12-21/h3-6,13-14,21H,7-12H2,1-2H3. The zero-order valence-electron chi connectivity index (χ0n) is 13.7. The van der Waals surface area contributed by atoms with Crippen LogP contribution in [-0.2, 0) is 4.79 Å². The summed E-state index contributed by atoms with van der Waals surface area (Å²) in [6.07, 6.45) is 1.37. The highest BCUT2D eigenvalue weighted by atomic mass is 79.9. The Morgan fingerprint density at radius 1 is 1.43 bits per heavy atom. The fourth-order valence-electron chi connectivity index (χ4n) is 2.91. The van der Waals surface area contributed by atoms with Crippen LogP contribution in [0.1, 0.15) is 19.8 Å². The van der Waals surface area contributed by atoms with Crippen LogP contribution in [0.4, 0.5) is 0 Å². The molecule has 128 valence electrons. The van der Waals surface area contributed by atoms with Crippen molar-refractivity contribution < 1.29 is 14.6 Å². The van der Waals surface area contributed by atoms with Crippen molar-refractivity contribution in [2.24, 2.45) is 0 Å². The fraction of sp³-hybridized carbons (Fsp3) is 0.588. The van der Waals surface area contributed by atoms with E-state index < -0.39 is 6.10 Å². The van der Waals surface area contributed by atoms with Gasteiger partial charge in [0.25, 0.3) is 5.91 Å². The number of hydrogen-bond donors (Lipinski definition) is 1. The number of piperidine rings is 1. The minimum atomic E-state index is -0.500. The molecule has 5 nitrogen and oxygen atoms in total. The number of nitrogens with zero attached hydrogens (tertiary/aromatic N) is 2. The van der Waals surface area contributed by atoms with Gasteiger partial charge in [-0.1, -0.05) is 12.1 Å². The first-order valence-electron chi connectivity index (χ1n) is 8.04. The minimum absolute atomic E-state index is 0.0315. The summed E-state index contributed by atoms with van der Waals surface area (Å²) in [7, 11) is 2.02. The van der Waals surface area contributed by atoms with Gasteiger partial charge >= 0.3 is 0 Å². The van der Waals surface area contributed by atoms with Gasteiger partial charge < -0.3 is 19.6 Å². The van der Waals surface area contributed by atoms with Gasteiger partial charge in [-0.15, -0.1) is 0 Å². The monoisotopic (exact) mass is 384 g/mol. The number of aliphatic hydroxyl groups excluding tert-OH is 1. The summed E-state index contributed by atoms with van der Waals surface area (Å²) in [6, 6.07) is 7.99. The van der Waals surface area contributed by atoms with Crippen molar-refractivity contribution in [2.45, 2.75) is 31.9 Å². The lowest BCUT2D eigenvalue weighted by Gasteiger charge is -2.37. The molecule has 1 aromatic carbocycles. The zero-order chi connectivity index (χ0) is 16.8. The summed E-state index contributed by atoms with van der Waals surface area (Å²) in [5.41, 5.74) is 0. The summed E-state index contributed by atoms with van der Waals surface area (Å²) >= 11 is 3.43. The molecule has 1 amide bonds. The predicted octanol–water partition coefficient (Wildman–Crippen LogP) is 2.13. The highest BCUT2D eigenvalue weighted by molar-refractivity contribution is 9.10. The number of hydrogen-bond acceptors (Lipinski definition) is 4. The second-order valence-corrected chi connectivity index (χ2v) is 6.81. The van der Waals surface area contributed by atoms with Gasteiger partial charge in [0, 0.05) is 25.7 Å². The smallest absolute Gasteiger partial charge is 0.263 e. The van der Waals surface area contributed by atoms with Crippen LogP contribution in [0, 0.1) is 0 Å². The number of benzene rings is 1. The Morgan fingerprint density at radius 3 is 2.70 bits per heavy atom. The van der Waals surface area contributed by atoms with Crippen molar-refractivity contribution in [3.05, 3.63) is 28.7 Å². The van der Waals surface area contributed by atoms with Crippen LogP contribution < -0.4 is 4.74 Å². The molecule has 0 saturated carbocycles. The molecule has 1 atom stereocenters. The Labute approximate surface area is 146 Å². The molecule has 1 aliphatic rings. The zero-order valence-corrected chi connectivity index (χ0v) is 15.3. The van der Waals surface area contributed by atoms with Crippen LogP contribution >= 0.6 is 15.9 Å². The minimum Gasteiger partial charge on any atom is -0.480 e. The maximum absolute atomic E-state index is 12.5. The van der Waals surface area contributed by atoms with E-state index in [1.54, 1.807) is 6.92 Å². The average Bonchev–Trinajstić information content (AvgIpc) is 2.56. The Hall–Kier alpha value is -1.11. The Bertz CT molecular complexity index is 518. The molecule has 0 spiro atoms. The lowest BCUT2D eigenvalue weighted by atomic mass is 10.0. The van der Waals surface area contributed by atoms with Gasteiger partial charge in [-0.05, 0) is 54.9 Å². The van der Waals surface area contributed by atoms with Crippen LogP contribution in [0.25, 0.3) is 0 Å². The third-order valence-corrected chi connectivity index (χ3v) is 5.00. The summed E-state index contributed by atoms with van der Waals surface area (Å²) in [6.45, 7) is 4.13. The van der Waals surface area contributed by atoms with Crippen LogP contribution in [-0.4, -0.2) is 66.2 Å². The molecule has 1 heterocycles. The summed E-state index contributed by atoms with van der Waals surface area (Å²) < 4.78 is 6.64. The van der Waals surface area contributed by atoms with Crippen LogP contribution in [0.2, 0.25) is 0 Å². The van der Waals surface area contributed by atoms with Gasteiger partial charge in [0.15, 0.2) is 6.10 Å². The number of carbonyl (C=O) groups excluding carboxylic acids is 1. The first kappa shape index (κ1) is 18.2. The van der Waals surface area contributed by atoms with Gasteiger partial charge in [0.05, 0.1) is 11.1 Å². The molecular weight excluding hydrogens is 360 g/mol. The molecule has 1 N–H and O–H groups in total. The first-order chi connectivity index (χ1) is 11.0. The van der Waals surface area contributed by atoms with E-state index in [9.17, 15) is 4.79 Å². The van der Waals surface area contributed by atoms with Gasteiger partial charge in [-0.3, -0.25) is 4.79 Å². The third kappa shape index (κ3) is 4.93. The van der Waals surface area contributed by atoms with Gasteiger partial charge in [-0.25, -0.2) is 0 Å². The first-order valence-corrected chi connectivity index (χ1v) is 8.83. The summed E-state index contributed by atoms with van der Waals surface area (Å²) in [5, 5.41) is 9.02. The number of carbonyl (C=O) groups is 1. The van der Waals surface area contributed by atoms with Gasteiger partial charge in [0.2, 0.25) is 0 Å². The molecule has 23 heavy (non-hydrogen) atoms. The number of ether oxygens (including phenoxy) is 1. The van der Waals surface area contributed by atoms with E-state index in [1.165, 1.54) is 0 Å². The molecule has 0 aliphatic carbocycles. The summed E-state index contributed by atoms with van der Waals surface area (Å²) in [4.78, 5) is 16.6. The molecule has 1 aliphatic heterocycles. The van der Waals surface area contributed by atoms with E-state index in [0.717, 1.165) is 30.4 Å². The lowest BCUT2D eigenvalue weighted by molar-refractivity contribution is -0.139. The number of para-hydroxylation sites is 1. The molecule has 1 fully saturated rings. The number of likely N-dealkylation sites (tertiary alicyclic amines) is 1. The van der Waals surface area contributed by atoms with E-state index in [0.29, 0.717) is 18.3 Å². The van der Waals surface area contributed by atoms with Crippen molar-refractivity contribution in [3.8, 4) is 5.75 Å². The topological polar surface area (TPSA) is 53.0 Å². The van der Waals surface area contributed by atoms with E-state index in [1.807, 2.05) is 36.2 Å². The molecule has 1 aromatic rings. The highest BCUT2D eigenvalue weighted by Gasteiger charge is 2.28. The van der Waals surface area contributed by atoms with Gasteiger partial charge in [-0.2, -0.15) is 0 Å². The van der Waals surface area contributed by atoms with E-state index in [-0.39, 0.29) is 12.5 Å². The van der Waals surface area contributed by atoms with E-state index >= 15 is 0 Å². The normalized spacial score (nSPS) is 17.3. The molecule has 2 rings (SSSR count). The van der Waals surface area contributed by atoms with E-state index in [4.69, 9.17) is 9.84 Å². The molecular formula is C17H25BrN2O3. The molecule has 0 aromatic heterocycles. The van der Waals surface area contributed by atoms with Crippen LogP contribution in [0.3, 0.4) is 0 Å². The highest BCUT2D eigenvalue weighted by Crippen LogP contribution is 2.25. The van der Waals surface area contributed by atoms with Crippen molar-refractivity contribution in [2.75, 3.05) is 33.3 Å². The van der Waals surface area contributed by atoms with Crippen molar-refractivity contribution >= 4 is 21.8 Å². The predicted molar refractivity (Wildman–Crippen MR) is 93.5 cm³/mol. The number of rotatable bonds is 6. The number of likely N-dealkylation sites (N-methyl/N-ethyl adjacent to an activating group) is 1. The average molecular weight is 385 g/mol. The quantitative estimate of drug-likeness (QED) is 0.815. The Morgan fingerprint density at radius 2 is 2.09 bits per heavy atom. The Kier molecular flexibility index (Phi) is 6.87. The SMILES string of the molecule is CC(Oc1ccccc1Br)C(=O)N1CCC(N(C)CCO)CC1. The molecule has 1 saturated heterocycles. The van der Waals surface area contributed by atoms with Crippen LogP contribution in [0.5, 0.6) is 5.75 Å². The Balaban J connectivity index is 1.86. The molecule has 1 unspecified atom stereocenters. The fourth-order valence-corrected chi connectivity index (χ4v) is 3.28. The largest absolute Gasteiger partial charge is 0.480 e. The second-order valence-electron chi connectivity index (χ2n) is 5.95. The maximum Gasteiger partial charge on any atom is 0.263 e. The number of amides is 1. The van der Waals surface area contributed by atoms with Crippen molar-refractivity contribution in [1.29, 1.82) is 0 Å². The van der Waals surface area contributed by atoms with Gasteiger partial charge in [0.1, 0.15) is 5.75 Å². The number of halogens is 1. The third-order valence-electron chi connectivity index (χ3n) is 4.34. The number of aliphatic hydroxyl groups is 1. The molecule has 6 heteroatoms. The molecule has 0 bridgehead atoms. The summed E-state index contributed by atoms with van der Waals surface area (Å²) in [5.74, 6) is 0.718. The second kappa shape index (κ2) is 8.66. The lowest BCUT2D eigenvalue weighted by Crippen LogP contribution is -2.49. The maximum atomic E-state index is 12.5. The van der Waals surface area contributed by atoms with Crippen LogP contribution in [0.15, 0.2) is 28.7 Å². The van der Waals surface area contributed by atoms with E-state index in [2.05, 4.69) is 20.8 Å². The van der Waals surface area contributed by atoms with Crippen molar-refractivity contribution in [1.82, 2.24) is 9.80 Å². The molecule has 0 radical (unpaired) electrons.